The average molecular weight is 247 g/mol. The van der Waals surface area contributed by atoms with Gasteiger partial charge in [0.2, 0.25) is 0 Å². The van der Waals surface area contributed by atoms with E-state index in [1.807, 2.05) is 19.0 Å². The lowest BCUT2D eigenvalue weighted by molar-refractivity contribution is -0.140. The summed E-state index contributed by atoms with van der Waals surface area (Å²) in [5, 5.41) is 19.5. The number of carboxylic acids is 2. The highest BCUT2D eigenvalue weighted by Gasteiger charge is 2.18. The monoisotopic (exact) mass is 247 g/mol. The Morgan fingerprint density at radius 1 is 1.06 bits per heavy atom. The van der Waals surface area contributed by atoms with Gasteiger partial charge in [-0.05, 0) is 14.1 Å². The van der Waals surface area contributed by atoms with E-state index in [2.05, 4.69) is 5.32 Å². The van der Waals surface area contributed by atoms with Crippen LogP contribution in [0.3, 0.4) is 0 Å². The quantitative estimate of drug-likeness (QED) is 0.517. The maximum absolute atomic E-state index is 11.5. The van der Waals surface area contributed by atoms with Crippen LogP contribution >= 0.6 is 0 Å². The predicted octanol–water partition coefficient (Wildman–Crippen LogP) is -1.27. The van der Waals surface area contributed by atoms with Crippen LogP contribution < -0.4 is 5.32 Å². The van der Waals surface area contributed by atoms with Crippen LogP contribution in [0, 0.1) is 0 Å². The van der Waals surface area contributed by atoms with Gasteiger partial charge < -0.3 is 25.3 Å². The van der Waals surface area contributed by atoms with Crippen LogP contribution in [0.25, 0.3) is 0 Å². The lowest BCUT2D eigenvalue weighted by atomic mass is 10.5. The molecule has 98 valence electrons. The van der Waals surface area contributed by atoms with Crippen molar-refractivity contribution in [3.8, 4) is 0 Å². The van der Waals surface area contributed by atoms with Gasteiger partial charge in [-0.25, -0.2) is 4.79 Å². The van der Waals surface area contributed by atoms with Crippen LogP contribution in [0.5, 0.6) is 0 Å². The third-order valence-electron chi connectivity index (χ3n) is 1.77. The molecule has 0 fully saturated rings. The van der Waals surface area contributed by atoms with Crippen LogP contribution in [0.4, 0.5) is 4.79 Å². The van der Waals surface area contributed by atoms with Gasteiger partial charge in [0.05, 0.1) is 0 Å². The molecule has 2 amide bonds. The van der Waals surface area contributed by atoms with Gasteiger partial charge in [0.25, 0.3) is 0 Å². The third-order valence-corrected chi connectivity index (χ3v) is 1.77. The number of urea groups is 1. The van der Waals surface area contributed by atoms with E-state index in [1.54, 1.807) is 0 Å². The Kier molecular flexibility index (Phi) is 6.64. The Bertz CT molecular complexity index is 276. The summed E-state index contributed by atoms with van der Waals surface area (Å²) in [5.41, 5.74) is 0. The zero-order chi connectivity index (χ0) is 13.4. The van der Waals surface area contributed by atoms with E-state index < -0.39 is 31.1 Å². The summed E-state index contributed by atoms with van der Waals surface area (Å²) in [4.78, 5) is 34.9. The van der Waals surface area contributed by atoms with Crippen LogP contribution in [0.2, 0.25) is 0 Å². The molecule has 0 heterocycles. The molecule has 0 saturated heterocycles. The number of hydrogen-bond acceptors (Lipinski definition) is 4. The molecule has 0 bridgehead atoms. The minimum absolute atomic E-state index is 0.321. The lowest BCUT2D eigenvalue weighted by Crippen LogP contribution is -2.46. The van der Waals surface area contributed by atoms with Crippen molar-refractivity contribution in [3.63, 3.8) is 0 Å². The molecule has 3 N–H and O–H groups in total. The van der Waals surface area contributed by atoms with Gasteiger partial charge in [0.1, 0.15) is 13.1 Å². The molecular weight excluding hydrogens is 230 g/mol. The Morgan fingerprint density at radius 3 is 1.88 bits per heavy atom. The number of carboxylic acid groups (broad SMARTS) is 2. The summed E-state index contributed by atoms with van der Waals surface area (Å²) in [7, 11) is 3.64. The second-order valence-electron chi connectivity index (χ2n) is 3.68. The Balaban J connectivity index is 4.22. The molecule has 0 aromatic carbocycles. The van der Waals surface area contributed by atoms with Crippen LogP contribution in [0.15, 0.2) is 0 Å². The predicted molar refractivity (Wildman–Crippen MR) is 58.8 cm³/mol. The molecule has 0 radical (unpaired) electrons. The van der Waals surface area contributed by atoms with Gasteiger partial charge in [-0.1, -0.05) is 0 Å². The van der Waals surface area contributed by atoms with Gasteiger partial charge in [-0.3, -0.25) is 9.59 Å². The first kappa shape index (κ1) is 15.2. The molecular formula is C9H17N3O5. The summed E-state index contributed by atoms with van der Waals surface area (Å²) >= 11 is 0. The van der Waals surface area contributed by atoms with E-state index in [0.717, 1.165) is 4.90 Å². The van der Waals surface area contributed by atoms with Gasteiger partial charge in [-0.2, -0.15) is 0 Å². The summed E-state index contributed by atoms with van der Waals surface area (Å²) in [6, 6.07) is -0.698. The molecule has 0 aliphatic rings. The number of nitrogens with one attached hydrogen (secondary N) is 1. The summed E-state index contributed by atoms with van der Waals surface area (Å²) in [6.07, 6.45) is 0. The number of carbonyl (C=O) groups excluding carboxylic acids is 1. The van der Waals surface area contributed by atoms with Crippen molar-refractivity contribution < 1.29 is 24.6 Å². The summed E-state index contributed by atoms with van der Waals surface area (Å²) in [5.74, 6) is -2.51. The fourth-order valence-electron chi connectivity index (χ4n) is 1.02. The minimum Gasteiger partial charge on any atom is -0.480 e. The SMILES string of the molecule is CN(C)CCNC(=O)N(CC(=O)O)CC(=O)O. The van der Waals surface area contributed by atoms with Crippen LogP contribution in [-0.2, 0) is 9.59 Å². The van der Waals surface area contributed by atoms with E-state index in [-0.39, 0.29) is 0 Å². The Labute approximate surface area is 98.8 Å². The van der Waals surface area contributed by atoms with Gasteiger partial charge in [0.15, 0.2) is 0 Å². The van der Waals surface area contributed by atoms with E-state index in [1.165, 1.54) is 0 Å². The maximum atomic E-state index is 11.5. The average Bonchev–Trinajstić information content (AvgIpc) is 2.14. The zero-order valence-electron chi connectivity index (χ0n) is 9.84. The molecule has 0 aliphatic heterocycles. The van der Waals surface area contributed by atoms with E-state index in [0.29, 0.717) is 13.1 Å². The number of rotatable bonds is 7. The molecule has 0 saturated carbocycles. The highest BCUT2D eigenvalue weighted by atomic mass is 16.4. The van der Waals surface area contributed by atoms with Crippen LogP contribution in [0.1, 0.15) is 0 Å². The standard InChI is InChI=1S/C9H17N3O5/c1-11(2)4-3-10-9(17)12(5-7(13)14)6-8(15)16/h3-6H2,1-2H3,(H,10,17)(H,13,14)(H,15,16). The Morgan fingerprint density at radius 2 is 1.53 bits per heavy atom. The van der Waals surface area contributed by atoms with Crippen LogP contribution in [-0.4, -0.2) is 78.3 Å². The second-order valence-corrected chi connectivity index (χ2v) is 3.68. The van der Waals surface area contributed by atoms with E-state index in [9.17, 15) is 14.4 Å². The first-order valence-corrected chi connectivity index (χ1v) is 4.94. The van der Waals surface area contributed by atoms with E-state index in [4.69, 9.17) is 10.2 Å². The molecule has 0 aliphatic carbocycles. The highest BCUT2D eigenvalue weighted by Crippen LogP contribution is 1.90. The minimum atomic E-state index is -1.26. The zero-order valence-corrected chi connectivity index (χ0v) is 9.84. The number of amides is 2. The molecule has 8 heteroatoms. The first-order chi connectivity index (χ1) is 7.82. The number of aliphatic carboxylic acids is 2. The van der Waals surface area contributed by atoms with Crippen molar-refractivity contribution in [2.45, 2.75) is 0 Å². The second kappa shape index (κ2) is 7.44. The van der Waals surface area contributed by atoms with E-state index >= 15 is 0 Å². The van der Waals surface area contributed by atoms with Crippen molar-refractivity contribution in [3.05, 3.63) is 0 Å². The highest BCUT2D eigenvalue weighted by molar-refractivity contribution is 5.84. The first-order valence-electron chi connectivity index (χ1n) is 4.94. The molecule has 0 atom stereocenters. The number of likely N-dealkylation sites (N-methyl/N-ethyl adjacent to an activating group) is 1. The Hall–Kier alpha value is -1.83. The van der Waals surface area contributed by atoms with Gasteiger partial charge in [0, 0.05) is 13.1 Å². The maximum Gasteiger partial charge on any atom is 0.323 e. The van der Waals surface area contributed by atoms with Gasteiger partial charge in [-0.15, -0.1) is 0 Å². The molecule has 0 unspecified atom stereocenters. The molecule has 0 aromatic rings. The third kappa shape index (κ3) is 8.03. The molecule has 8 nitrogen and oxygen atoms in total. The largest absolute Gasteiger partial charge is 0.480 e. The molecule has 0 aromatic heterocycles. The fourth-order valence-corrected chi connectivity index (χ4v) is 1.02. The molecule has 0 spiro atoms. The fraction of sp³-hybridized carbons (Fsp3) is 0.667. The lowest BCUT2D eigenvalue weighted by Gasteiger charge is -2.19. The van der Waals surface area contributed by atoms with Crippen molar-refractivity contribution in [2.24, 2.45) is 0 Å². The van der Waals surface area contributed by atoms with Gasteiger partial charge >= 0.3 is 18.0 Å². The smallest absolute Gasteiger partial charge is 0.323 e. The van der Waals surface area contributed by atoms with Crippen molar-refractivity contribution >= 4 is 18.0 Å². The molecule has 17 heavy (non-hydrogen) atoms. The number of carbonyl (C=O) groups is 3. The summed E-state index contributed by atoms with van der Waals surface area (Å²) in [6.45, 7) is -0.374. The topological polar surface area (TPSA) is 110 Å². The summed E-state index contributed by atoms with van der Waals surface area (Å²) < 4.78 is 0. The normalized spacial score (nSPS) is 10.1. The van der Waals surface area contributed by atoms with Crippen molar-refractivity contribution in [1.29, 1.82) is 0 Å². The van der Waals surface area contributed by atoms with Crippen molar-refractivity contribution in [2.75, 3.05) is 40.3 Å². The number of hydrogen-bond donors (Lipinski definition) is 3. The number of nitrogens with zero attached hydrogens (tertiary/aromatic N) is 2. The van der Waals surface area contributed by atoms with Crippen molar-refractivity contribution in [1.82, 2.24) is 15.1 Å². The molecule has 0 rings (SSSR count).